The van der Waals surface area contributed by atoms with Gasteiger partial charge in [-0.2, -0.15) is 4.98 Å². The number of hydrogen-bond donors (Lipinski definition) is 1. The van der Waals surface area contributed by atoms with E-state index in [1.54, 1.807) is 19.2 Å². The van der Waals surface area contributed by atoms with E-state index in [9.17, 15) is 0 Å². The Morgan fingerprint density at radius 3 is 3.14 bits per heavy atom. The molecule has 1 atom stereocenters. The molecule has 0 aliphatic carbocycles. The van der Waals surface area contributed by atoms with Crippen molar-refractivity contribution in [3.63, 3.8) is 0 Å². The van der Waals surface area contributed by atoms with Crippen molar-refractivity contribution in [2.45, 2.75) is 12.5 Å². The topological polar surface area (TPSA) is 69.4 Å². The van der Waals surface area contributed by atoms with Gasteiger partial charge in [-0.15, -0.1) is 0 Å². The Morgan fingerprint density at radius 2 is 2.38 bits per heavy atom. The summed E-state index contributed by atoms with van der Waals surface area (Å²) in [7, 11) is 1.58. The van der Waals surface area contributed by atoms with Crippen molar-refractivity contribution in [1.29, 1.82) is 0 Å². The Labute approximate surface area is 127 Å². The van der Waals surface area contributed by atoms with Gasteiger partial charge in [-0.1, -0.05) is 16.8 Å². The summed E-state index contributed by atoms with van der Waals surface area (Å²) in [6.07, 6.45) is 0.642. The SMILES string of the molecule is COc1cc(Cl)ccc1-c1noc(CC2COCCN2)n1. The quantitative estimate of drug-likeness (QED) is 0.930. The minimum Gasteiger partial charge on any atom is -0.496 e. The third-order valence-corrected chi connectivity index (χ3v) is 3.53. The van der Waals surface area contributed by atoms with E-state index in [4.69, 9.17) is 25.6 Å². The number of nitrogens with zero attached hydrogens (tertiary/aromatic N) is 2. The van der Waals surface area contributed by atoms with Crippen LogP contribution in [0.15, 0.2) is 22.7 Å². The van der Waals surface area contributed by atoms with Gasteiger partial charge in [0.1, 0.15) is 5.75 Å². The van der Waals surface area contributed by atoms with Crippen molar-refractivity contribution in [3.05, 3.63) is 29.1 Å². The largest absolute Gasteiger partial charge is 0.496 e. The maximum atomic E-state index is 5.95. The van der Waals surface area contributed by atoms with Crippen molar-refractivity contribution >= 4 is 11.6 Å². The molecule has 6 nitrogen and oxygen atoms in total. The lowest BCUT2D eigenvalue weighted by molar-refractivity contribution is 0.0744. The van der Waals surface area contributed by atoms with Crippen LogP contribution in [0.1, 0.15) is 5.89 Å². The molecule has 1 aromatic heterocycles. The van der Waals surface area contributed by atoms with E-state index in [2.05, 4.69) is 15.5 Å². The number of hydrogen-bond acceptors (Lipinski definition) is 6. The highest BCUT2D eigenvalue weighted by Gasteiger charge is 2.19. The van der Waals surface area contributed by atoms with Crippen LogP contribution in [0.4, 0.5) is 0 Å². The van der Waals surface area contributed by atoms with Gasteiger partial charge in [0, 0.05) is 24.0 Å². The molecular formula is C14H16ClN3O3. The molecule has 21 heavy (non-hydrogen) atoms. The summed E-state index contributed by atoms with van der Waals surface area (Å²) in [6, 6.07) is 5.52. The second kappa shape index (κ2) is 6.43. The van der Waals surface area contributed by atoms with Crippen LogP contribution in [0.3, 0.4) is 0 Å². The number of morpholine rings is 1. The van der Waals surface area contributed by atoms with Crippen molar-refractivity contribution in [1.82, 2.24) is 15.5 Å². The smallest absolute Gasteiger partial charge is 0.228 e. The molecule has 2 aromatic rings. The molecule has 0 bridgehead atoms. The van der Waals surface area contributed by atoms with E-state index in [0.29, 0.717) is 35.5 Å². The first-order chi connectivity index (χ1) is 10.3. The molecule has 7 heteroatoms. The van der Waals surface area contributed by atoms with Gasteiger partial charge >= 0.3 is 0 Å². The molecule has 112 valence electrons. The molecular weight excluding hydrogens is 294 g/mol. The number of rotatable bonds is 4. The minimum absolute atomic E-state index is 0.208. The highest BCUT2D eigenvalue weighted by Crippen LogP contribution is 2.30. The Bertz CT molecular complexity index is 611. The monoisotopic (exact) mass is 309 g/mol. The van der Waals surface area contributed by atoms with E-state index < -0.39 is 0 Å². The molecule has 1 fully saturated rings. The summed E-state index contributed by atoms with van der Waals surface area (Å²) in [6.45, 7) is 2.24. The first kappa shape index (κ1) is 14.3. The lowest BCUT2D eigenvalue weighted by Crippen LogP contribution is -2.42. The second-order valence-electron chi connectivity index (χ2n) is 4.79. The van der Waals surface area contributed by atoms with Crippen LogP contribution in [-0.4, -0.2) is 43.1 Å². The van der Waals surface area contributed by atoms with E-state index in [0.717, 1.165) is 18.7 Å². The van der Waals surface area contributed by atoms with Gasteiger partial charge < -0.3 is 19.3 Å². The van der Waals surface area contributed by atoms with Crippen LogP contribution in [0, 0.1) is 0 Å². The molecule has 1 saturated heterocycles. The van der Waals surface area contributed by atoms with Gasteiger partial charge in [-0.25, -0.2) is 0 Å². The molecule has 1 aliphatic rings. The zero-order valence-electron chi connectivity index (χ0n) is 11.6. The lowest BCUT2D eigenvalue weighted by atomic mass is 10.2. The third kappa shape index (κ3) is 3.34. The molecule has 1 aromatic carbocycles. The zero-order valence-corrected chi connectivity index (χ0v) is 12.4. The van der Waals surface area contributed by atoms with E-state index >= 15 is 0 Å². The van der Waals surface area contributed by atoms with Crippen molar-refractivity contribution in [3.8, 4) is 17.1 Å². The Hall–Kier alpha value is -1.63. The van der Waals surface area contributed by atoms with Crippen LogP contribution in [-0.2, 0) is 11.2 Å². The molecule has 0 saturated carbocycles. The second-order valence-corrected chi connectivity index (χ2v) is 5.22. The molecule has 2 heterocycles. The van der Waals surface area contributed by atoms with E-state index in [-0.39, 0.29) is 6.04 Å². The molecule has 1 unspecified atom stereocenters. The van der Waals surface area contributed by atoms with Gasteiger partial charge in [0.25, 0.3) is 0 Å². The van der Waals surface area contributed by atoms with Crippen LogP contribution in [0.2, 0.25) is 5.02 Å². The predicted molar refractivity (Wildman–Crippen MR) is 77.6 cm³/mol. The molecule has 1 aliphatic heterocycles. The summed E-state index contributed by atoms with van der Waals surface area (Å²) < 4.78 is 16.0. The first-order valence-corrected chi connectivity index (χ1v) is 7.11. The molecule has 0 spiro atoms. The van der Waals surface area contributed by atoms with Crippen molar-refractivity contribution in [2.75, 3.05) is 26.9 Å². The maximum absolute atomic E-state index is 5.95. The number of benzene rings is 1. The van der Waals surface area contributed by atoms with Crippen LogP contribution < -0.4 is 10.1 Å². The van der Waals surface area contributed by atoms with Crippen LogP contribution in [0.25, 0.3) is 11.4 Å². The summed E-state index contributed by atoms with van der Waals surface area (Å²) >= 11 is 5.95. The molecule has 0 amide bonds. The highest BCUT2D eigenvalue weighted by atomic mass is 35.5. The van der Waals surface area contributed by atoms with Crippen LogP contribution in [0.5, 0.6) is 5.75 Å². The fourth-order valence-electron chi connectivity index (χ4n) is 2.26. The van der Waals surface area contributed by atoms with Gasteiger partial charge in [0.2, 0.25) is 11.7 Å². The van der Waals surface area contributed by atoms with Gasteiger partial charge in [-0.3, -0.25) is 0 Å². The van der Waals surface area contributed by atoms with Gasteiger partial charge in [0.05, 0.1) is 25.9 Å². The Balaban J connectivity index is 1.78. The average molecular weight is 310 g/mol. The summed E-state index contributed by atoms with van der Waals surface area (Å²) in [4.78, 5) is 4.42. The average Bonchev–Trinajstić information content (AvgIpc) is 2.96. The predicted octanol–water partition coefficient (Wildman–Crippen LogP) is 1.93. The summed E-state index contributed by atoms with van der Waals surface area (Å²) in [5.41, 5.74) is 0.754. The van der Waals surface area contributed by atoms with Gasteiger partial charge in [0.15, 0.2) is 0 Å². The highest BCUT2D eigenvalue weighted by molar-refractivity contribution is 6.30. The Kier molecular flexibility index (Phi) is 4.38. The normalized spacial score (nSPS) is 18.7. The third-order valence-electron chi connectivity index (χ3n) is 3.29. The fraction of sp³-hybridized carbons (Fsp3) is 0.429. The molecule has 3 rings (SSSR count). The maximum Gasteiger partial charge on any atom is 0.228 e. The number of nitrogens with one attached hydrogen (secondary N) is 1. The zero-order chi connectivity index (χ0) is 14.7. The van der Waals surface area contributed by atoms with E-state index in [1.165, 1.54) is 0 Å². The van der Waals surface area contributed by atoms with Gasteiger partial charge in [-0.05, 0) is 18.2 Å². The Morgan fingerprint density at radius 1 is 1.48 bits per heavy atom. The number of ether oxygens (including phenoxy) is 2. The summed E-state index contributed by atoms with van der Waals surface area (Å²) in [5.74, 6) is 1.69. The number of methoxy groups -OCH3 is 1. The van der Waals surface area contributed by atoms with Crippen molar-refractivity contribution in [2.24, 2.45) is 0 Å². The first-order valence-electron chi connectivity index (χ1n) is 6.74. The number of aromatic nitrogens is 2. The van der Waals surface area contributed by atoms with E-state index in [1.807, 2.05) is 6.07 Å². The van der Waals surface area contributed by atoms with Crippen LogP contribution >= 0.6 is 11.6 Å². The standard InChI is InChI=1S/C14H16ClN3O3/c1-19-12-6-9(15)2-3-11(12)14-17-13(21-18-14)7-10-8-20-5-4-16-10/h2-3,6,10,16H,4-5,7-8H2,1H3. The van der Waals surface area contributed by atoms with Crippen molar-refractivity contribution < 1.29 is 14.0 Å². The number of halogens is 1. The fourth-order valence-corrected chi connectivity index (χ4v) is 2.42. The molecule has 0 radical (unpaired) electrons. The minimum atomic E-state index is 0.208. The molecule has 1 N–H and O–H groups in total. The lowest BCUT2D eigenvalue weighted by Gasteiger charge is -2.22. The summed E-state index contributed by atoms with van der Waals surface area (Å²) in [5, 5.41) is 7.96.